The molecule has 3 aromatic carbocycles. The van der Waals surface area contributed by atoms with E-state index in [0.717, 1.165) is 44.9 Å². The first-order chi connectivity index (χ1) is 18.7. The van der Waals surface area contributed by atoms with Gasteiger partial charge in [0, 0.05) is 55.2 Å². The van der Waals surface area contributed by atoms with Crippen molar-refractivity contribution >= 4 is 39.8 Å². The number of halogens is 3. The normalized spacial score (nSPS) is 14.8. The van der Waals surface area contributed by atoms with Crippen LogP contribution >= 0.6 is 0 Å². The molecular weight excluding hydrogens is 507 g/mol. The van der Waals surface area contributed by atoms with Crippen LogP contribution in [0.3, 0.4) is 0 Å². The van der Waals surface area contributed by atoms with Gasteiger partial charge in [0.1, 0.15) is 12.1 Å². The molecule has 5 rings (SSSR count). The van der Waals surface area contributed by atoms with Gasteiger partial charge in [-0.25, -0.2) is 14.8 Å². The van der Waals surface area contributed by atoms with Gasteiger partial charge in [0.25, 0.3) is 0 Å². The highest BCUT2D eigenvalue weighted by Crippen LogP contribution is 2.32. The number of fused-ring (bicyclic) bond motifs is 1. The van der Waals surface area contributed by atoms with E-state index in [-0.39, 0.29) is 5.69 Å². The number of aromatic nitrogens is 2. The lowest BCUT2D eigenvalue weighted by Gasteiger charge is -2.32. The lowest BCUT2D eigenvalue weighted by molar-refractivity contribution is -0.137. The van der Waals surface area contributed by atoms with E-state index in [0.29, 0.717) is 28.1 Å². The number of urea groups is 1. The molecule has 1 fully saturated rings. The molecule has 39 heavy (non-hydrogen) atoms. The monoisotopic (exact) mass is 535 g/mol. The van der Waals surface area contributed by atoms with Gasteiger partial charge in [-0.3, -0.25) is 4.90 Å². The summed E-state index contributed by atoms with van der Waals surface area (Å²) in [5.41, 5.74) is 2.36. The molecular formula is C28H28F3N7O. The molecule has 0 bridgehead atoms. The molecule has 0 unspecified atom stereocenters. The molecule has 0 radical (unpaired) electrons. The molecule has 1 saturated heterocycles. The van der Waals surface area contributed by atoms with Gasteiger partial charge in [-0.1, -0.05) is 18.2 Å². The summed E-state index contributed by atoms with van der Waals surface area (Å²) in [5, 5.41) is 9.09. The maximum absolute atomic E-state index is 13.1. The molecule has 8 nitrogen and oxygen atoms in total. The van der Waals surface area contributed by atoms with Gasteiger partial charge in [-0.2, -0.15) is 13.2 Å². The van der Waals surface area contributed by atoms with E-state index in [1.165, 1.54) is 24.0 Å². The smallest absolute Gasteiger partial charge is 0.340 e. The number of nitrogens with one attached hydrogen (secondary N) is 3. The van der Waals surface area contributed by atoms with Crippen molar-refractivity contribution in [2.45, 2.75) is 12.7 Å². The largest absolute Gasteiger partial charge is 0.416 e. The zero-order valence-corrected chi connectivity index (χ0v) is 21.3. The number of hydrogen-bond acceptors (Lipinski definition) is 6. The second-order valence-electron chi connectivity index (χ2n) is 9.51. The molecule has 4 aromatic rings. The van der Waals surface area contributed by atoms with Gasteiger partial charge in [-0.15, -0.1) is 0 Å². The molecule has 0 saturated carbocycles. The Kier molecular flexibility index (Phi) is 7.62. The molecule has 2 heterocycles. The van der Waals surface area contributed by atoms with Crippen molar-refractivity contribution in [3.05, 3.63) is 84.2 Å². The number of alkyl halides is 3. The second kappa shape index (κ2) is 11.3. The molecule has 2 amide bonds. The molecule has 1 aliphatic heterocycles. The first-order valence-corrected chi connectivity index (χ1v) is 12.5. The maximum Gasteiger partial charge on any atom is 0.416 e. The summed E-state index contributed by atoms with van der Waals surface area (Å²) in [6, 6.07) is 17.3. The lowest BCUT2D eigenvalue weighted by Crippen LogP contribution is -2.43. The Labute approximate surface area is 223 Å². The molecule has 1 aliphatic rings. The van der Waals surface area contributed by atoms with Crippen molar-refractivity contribution in [3.8, 4) is 0 Å². The Hall–Kier alpha value is -4.22. The van der Waals surface area contributed by atoms with Gasteiger partial charge in [0.15, 0.2) is 0 Å². The third-order valence-corrected chi connectivity index (χ3v) is 6.56. The van der Waals surface area contributed by atoms with Crippen LogP contribution in [-0.2, 0) is 12.7 Å². The summed E-state index contributed by atoms with van der Waals surface area (Å²) in [5.74, 6) is 0.319. The summed E-state index contributed by atoms with van der Waals surface area (Å²) in [7, 11) is 2.13. The third kappa shape index (κ3) is 6.81. The number of likely N-dealkylation sites (N-methyl/N-ethyl adjacent to an activating group) is 1. The number of carbonyl (C=O) groups is 1. The minimum absolute atomic E-state index is 0.233. The Morgan fingerprint density at radius 2 is 1.59 bits per heavy atom. The Bertz CT molecular complexity index is 1450. The van der Waals surface area contributed by atoms with Crippen LogP contribution in [0.4, 0.5) is 40.8 Å². The first-order valence-electron chi connectivity index (χ1n) is 12.5. The summed E-state index contributed by atoms with van der Waals surface area (Å²) in [6.45, 7) is 5.06. The highest BCUT2D eigenvalue weighted by Gasteiger charge is 2.30. The van der Waals surface area contributed by atoms with Crippen LogP contribution in [-0.4, -0.2) is 59.0 Å². The van der Waals surface area contributed by atoms with Crippen molar-refractivity contribution < 1.29 is 18.0 Å². The quantitative estimate of drug-likeness (QED) is 0.290. The molecule has 3 N–H and O–H groups in total. The van der Waals surface area contributed by atoms with E-state index in [4.69, 9.17) is 0 Å². The third-order valence-electron chi connectivity index (χ3n) is 6.56. The van der Waals surface area contributed by atoms with Crippen molar-refractivity contribution in [1.82, 2.24) is 19.8 Å². The van der Waals surface area contributed by atoms with Crippen LogP contribution < -0.4 is 16.0 Å². The standard InChI is InChI=1S/C28H28F3N7O/c1-37-11-13-38(14-12-37)17-19-5-7-21(8-6-19)35-27(39)36-23-9-10-25-24(16-23)26(33-18-32-25)34-22-4-2-3-20(15-22)28(29,30)31/h2-10,15-16,18H,11-14,17H2,1H3,(H,32,33,34)(H2,35,36,39). The number of nitrogens with zero attached hydrogens (tertiary/aromatic N) is 4. The van der Waals surface area contributed by atoms with E-state index in [1.54, 1.807) is 18.2 Å². The van der Waals surface area contributed by atoms with Crippen LogP contribution in [0.5, 0.6) is 0 Å². The van der Waals surface area contributed by atoms with Crippen LogP contribution in [0.1, 0.15) is 11.1 Å². The van der Waals surface area contributed by atoms with Crippen molar-refractivity contribution in [1.29, 1.82) is 0 Å². The Balaban J connectivity index is 1.24. The zero-order valence-electron chi connectivity index (χ0n) is 21.3. The fourth-order valence-corrected chi connectivity index (χ4v) is 4.40. The molecule has 0 atom stereocenters. The molecule has 11 heteroatoms. The van der Waals surface area contributed by atoms with E-state index in [2.05, 4.69) is 42.8 Å². The van der Waals surface area contributed by atoms with Gasteiger partial charge in [0.05, 0.1) is 11.1 Å². The van der Waals surface area contributed by atoms with Crippen LogP contribution in [0.2, 0.25) is 0 Å². The number of rotatable bonds is 6. The van der Waals surface area contributed by atoms with Gasteiger partial charge < -0.3 is 20.9 Å². The molecule has 0 aliphatic carbocycles. The fraction of sp³-hybridized carbons (Fsp3) is 0.250. The highest BCUT2D eigenvalue weighted by atomic mass is 19.4. The highest BCUT2D eigenvalue weighted by molar-refractivity contribution is 6.02. The molecule has 202 valence electrons. The van der Waals surface area contributed by atoms with Gasteiger partial charge in [0.2, 0.25) is 0 Å². The number of piperazine rings is 1. The number of amides is 2. The number of hydrogen-bond donors (Lipinski definition) is 3. The predicted octanol–water partition coefficient (Wildman–Crippen LogP) is 5.78. The first kappa shape index (κ1) is 26.4. The van der Waals surface area contributed by atoms with Crippen LogP contribution in [0, 0.1) is 0 Å². The van der Waals surface area contributed by atoms with Crippen LogP contribution in [0.25, 0.3) is 10.9 Å². The number of anilines is 4. The average Bonchev–Trinajstić information content (AvgIpc) is 2.91. The molecule has 0 spiro atoms. The Morgan fingerprint density at radius 3 is 2.33 bits per heavy atom. The summed E-state index contributed by atoms with van der Waals surface area (Å²) in [6.07, 6.45) is -3.13. The van der Waals surface area contributed by atoms with E-state index in [1.807, 2.05) is 24.3 Å². The van der Waals surface area contributed by atoms with Crippen molar-refractivity contribution in [2.75, 3.05) is 49.2 Å². The summed E-state index contributed by atoms with van der Waals surface area (Å²) >= 11 is 0. The van der Waals surface area contributed by atoms with E-state index >= 15 is 0 Å². The van der Waals surface area contributed by atoms with Gasteiger partial charge >= 0.3 is 12.2 Å². The fourth-order valence-electron chi connectivity index (χ4n) is 4.40. The van der Waals surface area contributed by atoms with Crippen molar-refractivity contribution in [2.24, 2.45) is 0 Å². The topological polar surface area (TPSA) is 85.4 Å². The zero-order chi connectivity index (χ0) is 27.4. The van der Waals surface area contributed by atoms with E-state index in [9.17, 15) is 18.0 Å². The maximum atomic E-state index is 13.1. The summed E-state index contributed by atoms with van der Waals surface area (Å²) in [4.78, 5) is 25.8. The average molecular weight is 536 g/mol. The number of benzene rings is 3. The minimum Gasteiger partial charge on any atom is -0.340 e. The Morgan fingerprint density at radius 1 is 0.872 bits per heavy atom. The van der Waals surface area contributed by atoms with Crippen LogP contribution in [0.15, 0.2) is 73.1 Å². The minimum atomic E-state index is -4.46. The predicted molar refractivity (Wildman–Crippen MR) is 146 cm³/mol. The van der Waals surface area contributed by atoms with E-state index < -0.39 is 17.8 Å². The SMILES string of the molecule is CN1CCN(Cc2ccc(NC(=O)Nc3ccc4ncnc(Nc5cccc(C(F)(F)F)c5)c4c3)cc2)CC1. The lowest BCUT2D eigenvalue weighted by atomic mass is 10.1. The molecule has 1 aromatic heterocycles. The summed E-state index contributed by atoms with van der Waals surface area (Å²) < 4.78 is 39.3. The van der Waals surface area contributed by atoms with Crippen molar-refractivity contribution in [3.63, 3.8) is 0 Å². The number of carbonyl (C=O) groups excluding carboxylic acids is 1. The second-order valence-corrected chi connectivity index (χ2v) is 9.51. The van der Waals surface area contributed by atoms with Gasteiger partial charge in [-0.05, 0) is 61.1 Å².